The van der Waals surface area contributed by atoms with Crippen molar-refractivity contribution in [2.75, 3.05) is 38.5 Å². The third-order valence-corrected chi connectivity index (χ3v) is 5.01. The summed E-state index contributed by atoms with van der Waals surface area (Å²) in [5.74, 6) is -0.155. The van der Waals surface area contributed by atoms with Crippen LogP contribution in [0.5, 0.6) is 0 Å². The van der Waals surface area contributed by atoms with Gasteiger partial charge in [-0.3, -0.25) is 4.90 Å². The second kappa shape index (κ2) is 5.95. The van der Waals surface area contributed by atoms with E-state index in [0.717, 1.165) is 19.5 Å². The summed E-state index contributed by atoms with van der Waals surface area (Å²) in [6, 6.07) is 0.337. The number of rotatable bonds is 6. The van der Waals surface area contributed by atoms with Crippen LogP contribution in [0.1, 0.15) is 20.3 Å². The molecule has 1 N–H and O–H groups in total. The number of hydrogen-bond donors (Lipinski definition) is 1. The van der Waals surface area contributed by atoms with Crippen molar-refractivity contribution in [1.82, 2.24) is 9.21 Å². The molecule has 0 amide bonds. The topological polar surface area (TPSA) is 60.9 Å². The summed E-state index contributed by atoms with van der Waals surface area (Å²) < 4.78 is 25.0. The Morgan fingerprint density at radius 1 is 1.38 bits per heavy atom. The van der Waals surface area contributed by atoms with Crippen molar-refractivity contribution in [3.05, 3.63) is 0 Å². The molecule has 1 saturated heterocycles. The fourth-order valence-electron chi connectivity index (χ4n) is 2.25. The second-order valence-electron chi connectivity index (χ2n) is 4.06. The fraction of sp³-hybridized carbons (Fsp3) is 1.00. The Morgan fingerprint density at radius 3 is 2.50 bits per heavy atom. The average molecular weight is 250 g/mol. The van der Waals surface area contributed by atoms with Gasteiger partial charge in [0.15, 0.2) is 0 Å². The first-order chi connectivity index (χ1) is 7.55. The van der Waals surface area contributed by atoms with E-state index in [1.165, 1.54) is 4.31 Å². The molecule has 0 aromatic carbocycles. The van der Waals surface area contributed by atoms with Crippen molar-refractivity contribution in [3.8, 4) is 0 Å². The van der Waals surface area contributed by atoms with Gasteiger partial charge < -0.3 is 5.11 Å². The highest BCUT2D eigenvalue weighted by Gasteiger charge is 2.32. The zero-order valence-corrected chi connectivity index (χ0v) is 10.9. The van der Waals surface area contributed by atoms with Crippen molar-refractivity contribution in [3.63, 3.8) is 0 Å². The van der Waals surface area contributed by atoms with Gasteiger partial charge in [-0.2, -0.15) is 0 Å². The SMILES string of the molecule is CCN(CC)C1CCN(S(=O)(=O)CCO)C1. The van der Waals surface area contributed by atoms with Crippen molar-refractivity contribution < 1.29 is 13.5 Å². The molecule has 1 unspecified atom stereocenters. The molecule has 0 aliphatic carbocycles. The molecule has 6 heteroatoms. The van der Waals surface area contributed by atoms with Gasteiger partial charge in [-0.05, 0) is 19.5 Å². The molecular weight excluding hydrogens is 228 g/mol. The van der Waals surface area contributed by atoms with Crippen LogP contribution in [0.3, 0.4) is 0 Å². The van der Waals surface area contributed by atoms with Gasteiger partial charge in [0.05, 0.1) is 12.4 Å². The highest BCUT2D eigenvalue weighted by atomic mass is 32.2. The van der Waals surface area contributed by atoms with E-state index in [4.69, 9.17) is 5.11 Å². The molecule has 1 atom stereocenters. The van der Waals surface area contributed by atoms with Crippen molar-refractivity contribution in [1.29, 1.82) is 0 Å². The minimum absolute atomic E-state index is 0.155. The van der Waals surface area contributed by atoms with Crippen molar-refractivity contribution in [2.24, 2.45) is 0 Å². The monoisotopic (exact) mass is 250 g/mol. The number of sulfonamides is 1. The Hall–Kier alpha value is -0.170. The predicted molar refractivity (Wildman–Crippen MR) is 63.8 cm³/mol. The lowest BCUT2D eigenvalue weighted by molar-refractivity contribution is 0.224. The first-order valence-electron chi connectivity index (χ1n) is 5.87. The van der Waals surface area contributed by atoms with E-state index in [0.29, 0.717) is 19.1 Å². The van der Waals surface area contributed by atoms with Crippen LogP contribution in [0.25, 0.3) is 0 Å². The third kappa shape index (κ3) is 3.16. The van der Waals surface area contributed by atoms with Gasteiger partial charge in [0.25, 0.3) is 0 Å². The normalized spacial score (nSPS) is 23.1. The van der Waals surface area contributed by atoms with Gasteiger partial charge in [0.2, 0.25) is 10.0 Å². The standard InChI is InChI=1S/C10H22N2O3S/c1-3-11(4-2)10-5-6-12(9-10)16(14,15)8-7-13/h10,13H,3-9H2,1-2H3. The van der Waals surface area contributed by atoms with Gasteiger partial charge >= 0.3 is 0 Å². The Labute approximate surface area is 98.1 Å². The smallest absolute Gasteiger partial charge is 0.216 e. The highest BCUT2D eigenvalue weighted by Crippen LogP contribution is 2.18. The van der Waals surface area contributed by atoms with E-state index < -0.39 is 10.0 Å². The van der Waals surface area contributed by atoms with Crippen LogP contribution in [0.15, 0.2) is 0 Å². The number of aliphatic hydroxyl groups is 1. The largest absolute Gasteiger partial charge is 0.395 e. The van der Waals surface area contributed by atoms with E-state index in [2.05, 4.69) is 18.7 Å². The lowest BCUT2D eigenvalue weighted by Crippen LogP contribution is -2.39. The quantitative estimate of drug-likeness (QED) is 0.704. The van der Waals surface area contributed by atoms with Crippen LogP contribution in [0.2, 0.25) is 0 Å². The molecule has 1 rings (SSSR count). The zero-order chi connectivity index (χ0) is 12.2. The maximum Gasteiger partial charge on any atom is 0.216 e. The molecule has 1 aliphatic rings. The first-order valence-corrected chi connectivity index (χ1v) is 7.48. The predicted octanol–water partition coefficient (Wildman–Crippen LogP) is -0.275. The average Bonchev–Trinajstić information content (AvgIpc) is 2.69. The summed E-state index contributed by atoms with van der Waals surface area (Å²) in [5, 5.41) is 8.71. The number of likely N-dealkylation sites (N-methyl/N-ethyl adjacent to an activating group) is 1. The molecule has 16 heavy (non-hydrogen) atoms. The molecular formula is C10H22N2O3S. The molecule has 1 aliphatic heterocycles. The lowest BCUT2D eigenvalue weighted by atomic mass is 10.2. The Bertz CT molecular complexity index is 301. The molecule has 0 spiro atoms. The highest BCUT2D eigenvalue weighted by molar-refractivity contribution is 7.89. The lowest BCUT2D eigenvalue weighted by Gasteiger charge is -2.25. The van der Waals surface area contributed by atoms with Gasteiger partial charge in [-0.25, -0.2) is 12.7 Å². The van der Waals surface area contributed by atoms with E-state index in [-0.39, 0.29) is 12.4 Å². The fourth-order valence-corrected chi connectivity index (χ4v) is 3.52. The van der Waals surface area contributed by atoms with Crippen LogP contribution in [-0.2, 0) is 10.0 Å². The summed E-state index contributed by atoms with van der Waals surface area (Å²) in [6.07, 6.45) is 0.895. The zero-order valence-electron chi connectivity index (χ0n) is 10.1. The van der Waals surface area contributed by atoms with Gasteiger partial charge in [0, 0.05) is 19.1 Å². The van der Waals surface area contributed by atoms with E-state index >= 15 is 0 Å². The molecule has 0 radical (unpaired) electrons. The molecule has 96 valence electrons. The summed E-state index contributed by atoms with van der Waals surface area (Å²) in [6.45, 7) is 6.95. The van der Waals surface area contributed by atoms with Gasteiger partial charge in [-0.15, -0.1) is 0 Å². The van der Waals surface area contributed by atoms with Crippen LogP contribution in [0, 0.1) is 0 Å². The Balaban J connectivity index is 2.58. The van der Waals surface area contributed by atoms with E-state index in [9.17, 15) is 8.42 Å². The minimum Gasteiger partial charge on any atom is -0.395 e. The molecule has 1 heterocycles. The van der Waals surface area contributed by atoms with Crippen LogP contribution >= 0.6 is 0 Å². The van der Waals surface area contributed by atoms with Crippen LogP contribution < -0.4 is 0 Å². The number of nitrogens with zero attached hydrogens (tertiary/aromatic N) is 2. The maximum atomic E-state index is 11.7. The first kappa shape index (κ1) is 13.9. The molecule has 0 aromatic rings. The van der Waals surface area contributed by atoms with Gasteiger partial charge in [-0.1, -0.05) is 13.8 Å². The summed E-state index contributed by atoms with van der Waals surface area (Å²) in [4.78, 5) is 2.29. The Morgan fingerprint density at radius 2 is 2.00 bits per heavy atom. The van der Waals surface area contributed by atoms with Crippen molar-refractivity contribution >= 4 is 10.0 Å². The Kier molecular flexibility index (Phi) is 5.17. The number of aliphatic hydroxyl groups excluding tert-OH is 1. The number of hydrogen-bond acceptors (Lipinski definition) is 4. The van der Waals surface area contributed by atoms with Gasteiger partial charge in [0.1, 0.15) is 0 Å². The summed E-state index contributed by atoms with van der Waals surface area (Å²) in [7, 11) is -3.24. The van der Waals surface area contributed by atoms with Crippen LogP contribution in [-0.4, -0.2) is 67.3 Å². The van der Waals surface area contributed by atoms with Crippen LogP contribution in [0.4, 0.5) is 0 Å². The van der Waals surface area contributed by atoms with E-state index in [1.807, 2.05) is 0 Å². The third-order valence-electron chi connectivity index (χ3n) is 3.20. The van der Waals surface area contributed by atoms with Crippen molar-refractivity contribution in [2.45, 2.75) is 26.3 Å². The minimum atomic E-state index is -3.24. The molecule has 0 aromatic heterocycles. The summed E-state index contributed by atoms with van der Waals surface area (Å²) >= 11 is 0. The molecule has 0 saturated carbocycles. The second-order valence-corrected chi connectivity index (χ2v) is 6.15. The van der Waals surface area contributed by atoms with E-state index in [1.54, 1.807) is 0 Å². The molecule has 1 fully saturated rings. The maximum absolute atomic E-state index is 11.7. The summed E-state index contributed by atoms with van der Waals surface area (Å²) in [5.41, 5.74) is 0. The molecule has 5 nitrogen and oxygen atoms in total. The molecule has 0 bridgehead atoms.